The van der Waals surface area contributed by atoms with E-state index in [1.807, 2.05) is 0 Å². The van der Waals surface area contributed by atoms with Gasteiger partial charge in [0.2, 0.25) is 0 Å². The molecule has 1 aromatic heterocycles. The lowest BCUT2D eigenvalue weighted by molar-refractivity contribution is 0.0696. The van der Waals surface area contributed by atoms with E-state index >= 15 is 0 Å². The number of rotatable bonds is 4. The molecule has 1 fully saturated rings. The van der Waals surface area contributed by atoms with Gasteiger partial charge in [0.05, 0.1) is 11.3 Å². The summed E-state index contributed by atoms with van der Waals surface area (Å²) in [7, 11) is 0. The first-order chi connectivity index (χ1) is 9.10. The van der Waals surface area contributed by atoms with Gasteiger partial charge in [0, 0.05) is 12.2 Å². The summed E-state index contributed by atoms with van der Waals surface area (Å²) in [5.74, 6) is 0.368. The smallest absolute Gasteiger partial charge is 0.337 e. The Kier molecular flexibility index (Phi) is 4.24. The zero-order chi connectivity index (χ0) is 13.8. The maximum atomic E-state index is 10.8. The van der Waals surface area contributed by atoms with Gasteiger partial charge in [-0.3, -0.25) is 0 Å². The van der Waals surface area contributed by atoms with Gasteiger partial charge < -0.3 is 16.2 Å². The molecule has 1 aliphatic rings. The minimum absolute atomic E-state index is 0.123. The average Bonchev–Trinajstić information content (AvgIpc) is 2.41. The molecule has 0 radical (unpaired) electrons. The Morgan fingerprint density at radius 1 is 1.58 bits per heavy atom. The highest BCUT2D eigenvalue weighted by Gasteiger charge is 2.21. The van der Waals surface area contributed by atoms with Gasteiger partial charge >= 0.3 is 5.97 Å². The molecular formula is C14H21N3O2. The third kappa shape index (κ3) is 3.36. The maximum Gasteiger partial charge on any atom is 0.337 e. The molecule has 2 atom stereocenters. The number of hydrogen-bond donors (Lipinski definition) is 3. The lowest BCUT2D eigenvalue weighted by atomic mass is 9.84. The van der Waals surface area contributed by atoms with E-state index in [1.165, 1.54) is 31.5 Å². The molecule has 1 aliphatic carbocycles. The molecule has 5 nitrogen and oxygen atoms in total. The van der Waals surface area contributed by atoms with Crippen LogP contribution in [0.1, 0.15) is 49.4 Å². The Morgan fingerprint density at radius 2 is 2.37 bits per heavy atom. The van der Waals surface area contributed by atoms with Gasteiger partial charge in [-0.2, -0.15) is 0 Å². The summed E-state index contributed by atoms with van der Waals surface area (Å²) in [6.07, 6.45) is 7.34. The zero-order valence-electron chi connectivity index (χ0n) is 11.2. The summed E-state index contributed by atoms with van der Waals surface area (Å²) in [6, 6.07) is 1.85. The molecule has 1 saturated carbocycles. The first-order valence-corrected chi connectivity index (χ1v) is 6.85. The van der Waals surface area contributed by atoms with Crippen molar-refractivity contribution in [1.82, 2.24) is 4.98 Å². The van der Waals surface area contributed by atoms with Crippen molar-refractivity contribution >= 4 is 17.5 Å². The predicted molar refractivity (Wildman–Crippen MR) is 75.3 cm³/mol. The van der Waals surface area contributed by atoms with E-state index in [2.05, 4.69) is 17.2 Å². The maximum absolute atomic E-state index is 10.8. The number of nitrogens with zero attached hydrogens (tertiary/aromatic N) is 1. The summed E-state index contributed by atoms with van der Waals surface area (Å²) in [4.78, 5) is 14.9. The van der Waals surface area contributed by atoms with E-state index in [1.54, 1.807) is 0 Å². The van der Waals surface area contributed by atoms with Crippen LogP contribution >= 0.6 is 0 Å². The fourth-order valence-electron chi connectivity index (χ4n) is 2.71. The number of hydrogen-bond acceptors (Lipinski definition) is 4. The van der Waals surface area contributed by atoms with Gasteiger partial charge in [-0.05, 0) is 24.8 Å². The summed E-state index contributed by atoms with van der Waals surface area (Å²) in [5, 5.41) is 12.2. The molecular weight excluding hydrogens is 242 g/mol. The van der Waals surface area contributed by atoms with Crippen LogP contribution in [0.5, 0.6) is 0 Å². The second kappa shape index (κ2) is 5.91. The van der Waals surface area contributed by atoms with Crippen molar-refractivity contribution < 1.29 is 9.90 Å². The summed E-state index contributed by atoms with van der Waals surface area (Å²) in [6.45, 7) is 2.22. The van der Waals surface area contributed by atoms with E-state index in [9.17, 15) is 4.79 Å². The average molecular weight is 263 g/mol. The van der Waals surface area contributed by atoms with Gasteiger partial charge in [-0.15, -0.1) is 0 Å². The first kappa shape index (κ1) is 13.6. The second-order valence-electron chi connectivity index (χ2n) is 5.25. The molecule has 0 aromatic carbocycles. The van der Waals surface area contributed by atoms with Crippen LogP contribution in [0.15, 0.2) is 12.3 Å². The number of nitrogen functional groups attached to an aromatic ring is 1. The van der Waals surface area contributed by atoms with Gasteiger partial charge in [0.1, 0.15) is 5.82 Å². The monoisotopic (exact) mass is 263 g/mol. The predicted octanol–water partition coefficient (Wildman–Crippen LogP) is 2.74. The zero-order valence-corrected chi connectivity index (χ0v) is 11.2. The molecule has 2 unspecified atom stereocenters. The number of nitrogens with two attached hydrogens (primary N) is 1. The molecule has 104 valence electrons. The standard InChI is InChI=1S/C14H21N3O2/c1-2-9-4-3-5-11(6-9)17-13-12(15)7-10(8-16-13)14(18)19/h7-9,11H,2-6,15H2,1H3,(H,16,17)(H,18,19). The number of carbonyl (C=O) groups is 1. The highest BCUT2D eigenvalue weighted by atomic mass is 16.4. The molecule has 0 spiro atoms. The number of pyridine rings is 1. The molecule has 0 aliphatic heterocycles. The van der Waals surface area contributed by atoms with Crippen LogP contribution in [0.25, 0.3) is 0 Å². The number of aromatic nitrogens is 1. The van der Waals surface area contributed by atoms with Crippen molar-refractivity contribution in [2.24, 2.45) is 5.92 Å². The lowest BCUT2D eigenvalue weighted by Gasteiger charge is -2.29. The van der Waals surface area contributed by atoms with Crippen molar-refractivity contribution in [1.29, 1.82) is 0 Å². The minimum atomic E-state index is -1.01. The molecule has 0 saturated heterocycles. The topological polar surface area (TPSA) is 88.2 Å². The van der Waals surface area contributed by atoms with Gasteiger partial charge in [0.15, 0.2) is 0 Å². The highest BCUT2D eigenvalue weighted by molar-refractivity contribution is 5.89. The van der Waals surface area contributed by atoms with E-state index in [0.29, 0.717) is 17.5 Å². The van der Waals surface area contributed by atoms with Crippen LogP contribution in [0, 0.1) is 5.92 Å². The summed E-state index contributed by atoms with van der Waals surface area (Å²) >= 11 is 0. The Balaban J connectivity index is 2.04. The van der Waals surface area contributed by atoms with E-state index < -0.39 is 5.97 Å². The Labute approximate surface area is 113 Å². The molecule has 0 amide bonds. The summed E-state index contributed by atoms with van der Waals surface area (Å²) < 4.78 is 0. The van der Waals surface area contributed by atoms with Crippen molar-refractivity contribution in [3.05, 3.63) is 17.8 Å². The van der Waals surface area contributed by atoms with Gasteiger partial charge in [0.25, 0.3) is 0 Å². The quantitative estimate of drug-likeness (QED) is 0.777. The van der Waals surface area contributed by atoms with Crippen LogP contribution in [0.4, 0.5) is 11.5 Å². The molecule has 5 heteroatoms. The third-order valence-corrected chi connectivity index (χ3v) is 3.87. The van der Waals surface area contributed by atoms with E-state index in [0.717, 1.165) is 18.8 Å². The van der Waals surface area contributed by atoms with E-state index in [4.69, 9.17) is 10.8 Å². The molecule has 4 N–H and O–H groups in total. The molecule has 2 rings (SSSR count). The Hall–Kier alpha value is -1.78. The third-order valence-electron chi connectivity index (χ3n) is 3.87. The number of carboxylic acids is 1. The number of anilines is 2. The van der Waals surface area contributed by atoms with Crippen LogP contribution in [-0.2, 0) is 0 Å². The van der Waals surface area contributed by atoms with Crippen LogP contribution in [0.3, 0.4) is 0 Å². The lowest BCUT2D eigenvalue weighted by Crippen LogP contribution is -2.28. The molecule has 19 heavy (non-hydrogen) atoms. The number of nitrogens with one attached hydrogen (secondary N) is 1. The largest absolute Gasteiger partial charge is 0.478 e. The molecule has 0 bridgehead atoms. The van der Waals surface area contributed by atoms with Crippen LogP contribution in [0.2, 0.25) is 0 Å². The number of carboxylic acid groups (broad SMARTS) is 1. The minimum Gasteiger partial charge on any atom is -0.478 e. The SMILES string of the molecule is CCC1CCCC(Nc2ncc(C(=O)O)cc2N)C1. The van der Waals surface area contributed by atoms with Crippen molar-refractivity contribution in [3.63, 3.8) is 0 Å². The fraction of sp³-hybridized carbons (Fsp3) is 0.571. The fourth-order valence-corrected chi connectivity index (χ4v) is 2.71. The molecule has 1 aromatic rings. The van der Waals surface area contributed by atoms with Gasteiger partial charge in [-0.1, -0.05) is 26.2 Å². The van der Waals surface area contributed by atoms with Crippen molar-refractivity contribution in [3.8, 4) is 0 Å². The molecule has 1 heterocycles. The summed E-state index contributed by atoms with van der Waals surface area (Å²) in [5.41, 5.74) is 6.38. The first-order valence-electron chi connectivity index (χ1n) is 6.85. The van der Waals surface area contributed by atoms with Crippen molar-refractivity contribution in [2.45, 2.75) is 45.1 Å². The highest BCUT2D eigenvalue weighted by Crippen LogP contribution is 2.29. The Morgan fingerprint density at radius 3 is 3.00 bits per heavy atom. The van der Waals surface area contributed by atoms with E-state index in [-0.39, 0.29) is 5.56 Å². The Bertz CT molecular complexity index is 462. The van der Waals surface area contributed by atoms with Crippen LogP contribution in [-0.4, -0.2) is 22.1 Å². The van der Waals surface area contributed by atoms with Gasteiger partial charge in [-0.25, -0.2) is 9.78 Å². The number of aromatic carboxylic acids is 1. The normalized spacial score (nSPS) is 23.0. The second-order valence-corrected chi connectivity index (χ2v) is 5.25. The van der Waals surface area contributed by atoms with Crippen LogP contribution < -0.4 is 11.1 Å². The van der Waals surface area contributed by atoms with Crippen molar-refractivity contribution in [2.75, 3.05) is 11.1 Å².